The van der Waals surface area contributed by atoms with Crippen molar-refractivity contribution < 1.29 is 8.42 Å². The molecule has 1 saturated heterocycles. The molecule has 0 saturated carbocycles. The Bertz CT molecular complexity index is 590. The minimum atomic E-state index is -3.51. The Morgan fingerprint density at radius 3 is 2.81 bits per heavy atom. The first-order chi connectivity index (χ1) is 9.94. The number of nitrogens with zero attached hydrogens (tertiary/aromatic N) is 1. The van der Waals surface area contributed by atoms with Crippen LogP contribution in [-0.2, 0) is 10.2 Å². The molecule has 5 nitrogen and oxygen atoms in total. The van der Waals surface area contributed by atoms with Crippen LogP contribution in [0, 0.1) is 6.92 Å². The topological polar surface area (TPSA) is 61.4 Å². The van der Waals surface area contributed by atoms with E-state index < -0.39 is 10.2 Å². The fraction of sp³-hybridized carbons (Fsp3) is 0.571. The SMILES string of the molecule is CNCC1CCCCN1S(=O)(=O)Nc1ccc(Br)c(C)c1. The summed E-state index contributed by atoms with van der Waals surface area (Å²) < 4.78 is 30.5. The van der Waals surface area contributed by atoms with Crippen molar-refractivity contribution in [1.29, 1.82) is 0 Å². The molecule has 2 N–H and O–H groups in total. The van der Waals surface area contributed by atoms with Crippen LogP contribution in [0.1, 0.15) is 24.8 Å². The van der Waals surface area contributed by atoms with Gasteiger partial charge >= 0.3 is 10.2 Å². The number of rotatable bonds is 5. The van der Waals surface area contributed by atoms with Crippen LogP contribution in [0.3, 0.4) is 0 Å². The molecule has 1 heterocycles. The molecule has 1 aromatic rings. The van der Waals surface area contributed by atoms with Crippen LogP contribution in [0.4, 0.5) is 5.69 Å². The average molecular weight is 376 g/mol. The lowest BCUT2D eigenvalue weighted by molar-refractivity contribution is 0.250. The number of hydrogen-bond acceptors (Lipinski definition) is 3. The van der Waals surface area contributed by atoms with Gasteiger partial charge in [0.2, 0.25) is 0 Å². The third kappa shape index (κ3) is 4.18. The van der Waals surface area contributed by atoms with Gasteiger partial charge in [0.1, 0.15) is 0 Å². The monoisotopic (exact) mass is 375 g/mol. The standard InChI is InChI=1S/C14H22BrN3O2S/c1-11-9-12(6-7-14(11)15)17-21(19,20)18-8-4-3-5-13(18)10-16-2/h6-7,9,13,16-17H,3-5,8,10H2,1-2H3. The summed E-state index contributed by atoms with van der Waals surface area (Å²) in [5.74, 6) is 0. The normalized spacial score (nSPS) is 20.4. The van der Waals surface area contributed by atoms with E-state index in [2.05, 4.69) is 26.0 Å². The van der Waals surface area contributed by atoms with Gasteiger partial charge in [-0.05, 0) is 50.6 Å². The molecule has 1 aliphatic heterocycles. The van der Waals surface area contributed by atoms with E-state index in [1.165, 1.54) is 0 Å². The molecular formula is C14H22BrN3O2S. The molecule has 1 aromatic carbocycles. The Labute approximate surface area is 135 Å². The van der Waals surface area contributed by atoms with Crippen LogP contribution in [-0.4, -0.2) is 38.9 Å². The van der Waals surface area contributed by atoms with E-state index in [4.69, 9.17) is 0 Å². The first-order valence-electron chi connectivity index (χ1n) is 7.14. The third-order valence-corrected chi connectivity index (χ3v) is 6.21. The van der Waals surface area contributed by atoms with E-state index in [9.17, 15) is 8.42 Å². The third-order valence-electron chi connectivity index (χ3n) is 3.73. The lowest BCUT2D eigenvalue weighted by atomic mass is 10.1. The number of hydrogen-bond donors (Lipinski definition) is 2. The Kier molecular flexibility index (Phi) is 5.65. The van der Waals surface area contributed by atoms with Gasteiger partial charge in [0.05, 0.1) is 5.69 Å². The van der Waals surface area contributed by atoms with Crippen molar-refractivity contribution in [1.82, 2.24) is 9.62 Å². The summed E-state index contributed by atoms with van der Waals surface area (Å²) in [6, 6.07) is 5.48. The number of likely N-dealkylation sites (N-methyl/N-ethyl adjacent to an activating group) is 1. The summed E-state index contributed by atoms with van der Waals surface area (Å²) in [6.07, 6.45) is 2.90. The summed E-state index contributed by atoms with van der Waals surface area (Å²) >= 11 is 3.42. The lowest BCUT2D eigenvalue weighted by Crippen LogP contribution is -2.49. The highest BCUT2D eigenvalue weighted by Crippen LogP contribution is 2.24. The quantitative estimate of drug-likeness (QED) is 0.830. The Balaban J connectivity index is 2.17. The highest BCUT2D eigenvalue weighted by molar-refractivity contribution is 9.10. The van der Waals surface area contributed by atoms with E-state index in [1.54, 1.807) is 10.4 Å². The van der Waals surface area contributed by atoms with Crippen LogP contribution < -0.4 is 10.0 Å². The smallest absolute Gasteiger partial charge is 0.301 e. The zero-order chi connectivity index (χ0) is 15.5. The summed E-state index contributed by atoms with van der Waals surface area (Å²) in [5.41, 5.74) is 1.60. The van der Waals surface area contributed by atoms with Gasteiger partial charge in [-0.2, -0.15) is 12.7 Å². The molecule has 118 valence electrons. The van der Waals surface area contributed by atoms with Crippen molar-refractivity contribution in [3.63, 3.8) is 0 Å². The van der Waals surface area contributed by atoms with Crippen LogP contribution >= 0.6 is 15.9 Å². The van der Waals surface area contributed by atoms with E-state index in [0.717, 1.165) is 29.3 Å². The van der Waals surface area contributed by atoms with Gasteiger partial charge in [-0.3, -0.25) is 4.72 Å². The molecule has 1 aliphatic rings. The van der Waals surface area contributed by atoms with Crippen molar-refractivity contribution in [2.24, 2.45) is 0 Å². The molecule has 1 unspecified atom stereocenters. The fourth-order valence-electron chi connectivity index (χ4n) is 2.65. The molecule has 0 aliphatic carbocycles. The maximum Gasteiger partial charge on any atom is 0.301 e. The van der Waals surface area contributed by atoms with Crippen LogP contribution in [0.2, 0.25) is 0 Å². The van der Waals surface area contributed by atoms with Gasteiger partial charge in [-0.25, -0.2) is 0 Å². The second kappa shape index (κ2) is 7.09. The molecule has 21 heavy (non-hydrogen) atoms. The van der Waals surface area contributed by atoms with Crippen molar-refractivity contribution in [2.45, 2.75) is 32.2 Å². The fourth-order valence-corrected chi connectivity index (χ4v) is 4.38. The number of benzene rings is 1. The minimum Gasteiger partial charge on any atom is -0.318 e. The van der Waals surface area contributed by atoms with Gasteiger partial charge in [-0.1, -0.05) is 22.4 Å². The molecule has 0 radical (unpaired) electrons. The summed E-state index contributed by atoms with van der Waals surface area (Å²) in [5, 5.41) is 3.08. The zero-order valence-corrected chi connectivity index (χ0v) is 14.8. The summed E-state index contributed by atoms with van der Waals surface area (Å²) in [6.45, 7) is 3.20. The molecule has 0 bridgehead atoms. The number of halogens is 1. The average Bonchev–Trinajstić information content (AvgIpc) is 2.43. The largest absolute Gasteiger partial charge is 0.318 e. The maximum absolute atomic E-state index is 12.6. The predicted molar refractivity (Wildman–Crippen MR) is 89.7 cm³/mol. The lowest BCUT2D eigenvalue weighted by Gasteiger charge is -2.34. The number of nitrogens with one attached hydrogen (secondary N) is 2. The molecule has 0 aromatic heterocycles. The molecule has 1 atom stereocenters. The minimum absolute atomic E-state index is 0.0257. The maximum atomic E-state index is 12.6. The highest BCUT2D eigenvalue weighted by Gasteiger charge is 2.31. The molecule has 2 rings (SSSR count). The molecule has 0 amide bonds. The van der Waals surface area contributed by atoms with Crippen molar-refractivity contribution >= 4 is 31.8 Å². The first kappa shape index (κ1) is 16.7. The van der Waals surface area contributed by atoms with Gasteiger partial charge in [-0.15, -0.1) is 0 Å². The second-order valence-corrected chi connectivity index (χ2v) is 7.87. The number of piperidine rings is 1. The summed E-state index contributed by atoms with van der Waals surface area (Å²) in [4.78, 5) is 0. The van der Waals surface area contributed by atoms with Crippen molar-refractivity contribution in [2.75, 3.05) is 24.9 Å². The van der Waals surface area contributed by atoms with Crippen LogP contribution in [0.15, 0.2) is 22.7 Å². The first-order valence-corrected chi connectivity index (χ1v) is 9.37. The Hall–Kier alpha value is -0.630. The molecule has 7 heteroatoms. The van der Waals surface area contributed by atoms with Crippen molar-refractivity contribution in [3.8, 4) is 0 Å². The number of anilines is 1. The Morgan fingerprint density at radius 2 is 2.14 bits per heavy atom. The van der Waals surface area contributed by atoms with E-state index in [1.807, 2.05) is 26.1 Å². The second-order valence-electron chi connectivity index (χ2n) is 5.39. The van der Waals surface area contributed by atoms with E-state index in [0.29, 0.717) is 18.8 Å². The van der Waals surface area contributed by atoms with Crippen LogP contribution in [0.5, 0.6) is 0 Å². The predicted octanol–water partition coefficient (Wildman–Crippen LogP) is 2.49. The summed E-state index contributed by atoms with van der Waals surface area (Å²) in [7, 11) is -1.66. The van der Waals surface area contributed by atoms with Gasteiger partial charge in [0.25, 0.3) is 0 Å². The molecule has 1 fully saturated rings. The zero-order valence-electron chi connectivity index (χ0n) is 12.4. The van der Waals surface area contributed by atoms with Gasteiger partial charge in [0, 0.05) is 23.6 Å². The van der Waals surface area contributed by atoms with Gasteiger partial charge in [0.15, 0.2) is 0 Å². The van der Waals surface area contributed by atoms with Crippen molar-refractivity contribution in [3.05, 3.63) is 28.2 Å². The molecular weight excluding hydrogens is 354 g/mol. The number of aryl methyl sites for hydroxylation is 1. The molecule has 0 spiro atoms. The van der Waals surface area contributed by atoms with E-state index in [-0.39, 0.29) is 6.04 Å². The van der Waals surface area contributed by atoms with E-state index >= 15 is 0 Å². The van der Waals surface area contributed by atoms with Crippen LogP contribution in [0.25, 0.3) is 0 Å². The van der Waals surface area contributed by atoms with Gasteiger partial charge < -0.3 is 5.32 Å². The Morgan fingerprint density at radius 1 is 1.38 bits per heavy atom. The highest BCUT2D eigenvalue weighted by atomic mass is 79.9.